The fourth-order valence-corrected chi connectivity index (χ4v) is 2.75. The predicted molar refractivity (Wildman–Crippen MR) is 86.9 cm³/mol. The Kier molecular flexibility index (Phi) is 5.06. The first-order chi connectivity index (χ1) is 10.1. The number of rotatable bonds is 2. The molecule has 3 aromatic rings. The van der Waals surface area contributed by atoms with Gasteiger partial charge in [-0.25, -0.2) is 0 Å². The van der Waals surface area contributed by atoms with Gasteiger partial charge in [-0.15, -0.1) is 4.68 Å². The number of aryl methyl sites for hydroxylation is 2. The van der Waals surface area contributed by atoms with Gasteiger partial charge in [0, 0.05) is 17.2 Å². The Hall–Kier alpha value is -1.62. The molecule has 3 rings (SSSR count). The molecule has 0 aliphatic heterocycles. The average molecular weight is 404 g/mol. The number of halogens is 1. The van der Waals surface area contributed by atoms with Crippen molar-refractivity contribution in [2.24, 2.45) is 14.1 Å². The Morgan fingerprint density at radius 2 is 1.55 bits per heavy atom. The molecule has 0 aliphatic carbocycles. The van der Waals surface area contributed by atoms with Gasteiger partial charge in [0.25, 0.3) is 0 Å². The van der Waals surface area contributed by atoms with Crippen LogP contribution in [0.5, 0.6) is 0 Å². The summed E-state index contributed by atoms with van der Waals surface area (Å²) in [6, 6.07) is 19.5. The predicted octanol–water partition coefficient (Wildman–Crippen LogP) is 0.804. The van der Waals surface area contributed by atoms with Crippen LogP contribution in [0.1, 0.15) is 11.1 Å². The van der Waals surface area contributed by atoms with E-state index in [4.69, 9.17) is 0 Å². The van der Waals surface area contributed by atoms with E-state index >= 15 is 0 Å². The zero-order valence-electron chi connectivity index (χ0n) is 13.5. The van der Waals surface area contributed by atoms with E-state index in [0.717, 1.165) is 0 Å². The van der Waals surface area contributed by atoms with Crippen molar-refractivity contribution in [1.82, 2.24) is 4.68 Å². The van der Waals surface area contributed by atoms with E-state index in [9.17, 15) is 0 Å². The van der Waals surface area contributed by atoms with Crippen LogP contribution >= 0.6 is 0 Å². The van der Waals surface area contributed by atoms with E-state index in [2.05, 4.69) is 91.9 Å². The van der Waals surface area contributed by atoms with E-state index < -0.39 is 0 Å². The lowest BCUT2D eigenvalue weighted by molar-refractivity contribution is -0.740. The summed E-state index contributed by atoms with van der Waals surface area (Å²) in [4.78, 5) is 0. The van der Waals surface area contributed by atoms with Crippen LogP contribution in [0, 0.1) is 13.8 Å². The third kappa shape index (κ3) is 2.95. The molecular formula is C19H21IN2. The van der Waals surface area contributed by atoms with Gasteiger partial charge in [0.1, 0.15) is 5.69 Å². The lowest BCUT2D eigenvalue weighted by Gasteiger charge is -2.03. The molecule has 0 fully saturated rings. The average Bonchev–Trinajstić information content (AvgIpc) is 2.77. The van der Waals surface area contributed by atoms with Crippen LogP contribution in [0.25, 0.3) is 22.5 Å². The molecule has 3 heteroatoms. The molecule has 2 aromatic carbocycles. The minimum Gasteiger partial charge on any atom is -1.00 e. The minimum atomic E-state index is 0. The minimum absolute atomic E-state index is 0. The molecule has 0 aliphatic rings. The largest absolute Gasteiger partial charge is 1.00 e. The van der Waals surface area contributed by atoms with Gasteiger partial charge in [0.2, 0.25) is 5.69 Å². The second kappa shape index (κ2) is 6.65. The third-order valence-corrected chi connectivity index (χ3v) is 4.19. The molecule has 114 valence electrons. The Morgan fingerprint density at radius 3 is 2.18 bits per heavy atom. The first-order valence-electron chi connectivity index (χ1n) is 7.27. The van der Waals surface area contributed by atoms with Crippen LogP contribution in [0.3, 0.4) is 0 Å². The first kappa shape index (κ1) is 16.7. The highest BCUT2D eigenvalue weighted by molar-refractivity contribution is 5.68. The number of aromatic nitrogens is 2. The summed E-state index contributed by atoms with van der Waals surface area (Å²) in [6.45, 7) is 4.28. The lowest BCUT2D eigenvalue weighted by atomic mass is 10.0. The molecule has 0 N–H and O–H groups in total. The Labute approximate surface area is 149 Å². The van der Waals surface area contributed by atoms with Crippen molar-refractivity contribution >= 4 is 0 Å². The molecule has 2 nitrogen and oxygen atoms in total. The summed E-state index contributed by atoms with van der Waals surface area (Å²) >= 11 is 0. The Morgan fingerprint density at radius 1 is 0.909 bits per heavy atom. The van der Waals surface area contributed by atoms with Crippen LogP contribution in [-0.2, 0) is 14.1 Å². The Balaban J connectivity index is 0.00000176. The zero-order valence-corrected chi connectivity index (χ0v) is 15.6. The van der Waals surface area contributed by atoms with Crippen molar-refractivity contribution in [2.45, 2.75) is 13.8 Å². The third-order valence-electron chi connectivity index (χ3n) is 4.19. The SMILES string of the molecule is Cc1ccc(-c2cc(-c3ccccc3C)n(C)[n+]2C)cc1.[I-]. The maximum Gasteiger partial charge on any atom is 0.238 e. The van der Waals surface area contributed by atoms with Crippen molar-refractivity contribution in [3.05, 3.63) is 65.7 Å². The molecule has 0 bridgehead atoms. The molecule has 0 saturated carbocycles. The first-order valence-corrected chi connectivity index (χ1v) is 7.27. The van der Waals surface area contributed by atoms with Crippen molar-refractivity contribution in [1.29, 1.82) is 0 Å². The molecule has 0 unspecified atom stereocenters. The van der Waals surface area contributed by atoms with Crippen molar-refractivity contribution in [2.75, 3.05) is 0 Å². The highest BCUT2D eigenvalue weighted by Gasteiger charge is 2.20. The summed E-state index contributed by atoms with van der Waals surface area (Å²) in [5.74, 6) is 0. The second-order valence-electron chi connectivity index (χ2n) is 5.64. The van der Waals surface area contributed by atoms with Gasteiger partial charge in [0.15, 0.2) is 7.05 Å². The van der Waals surface area contributed by atoms with Gasteiger partial charge < -0.3 is 24.0 Å². The molecule has 0 atom stereocenters. The molecule has 22 heavy (non-hydrogen) atoms. The quantitative estimate of drug-likeness (QED) is 0.442. The van der Waals surface area contributed by atoms with Gasteiger partial charge in [-0.3, -0.25) is 0 Å². The van der Waals surface area contributed by atoms with E-state index in [0.29, 0.717) is 0 Å². The maximum absolute atomic E-state index is 2.27. The second-order valence-corrected chi connectivity index (χ2v) is 5.64. The van der Waals surface area contributed by atoms with Crippen molar-refractivity contribution in [3.8, 4) is 22.5 Å². The van der Waals surface area contributed by atoms with Gasteiger partial charge in [-0.1, -0.05) is 42.0 Å². The molecule has 0 radical (unpaired) electrons. The van der Waals surface area contributed by atoms with Gasteiger partial charge in [0.05, 0.1) is 7.05 Å². The zero-order chi connectivity index (χ0) is 15.0. The lowest BCUT2D eigenvalue weighted by Crippen LogP contribution is -3.00. The summed E-state index contributed by atoms with van der Waals surface area (Å²) in [7, 11) is 4.22. The summed E-state index contributed by atoms with van der Waals surface area (Å²) in [5.41, 5.74) is 7.60. The Bertz CT molecular complexity index is 786. The number of nitrogens with zero attached hydrogens (tertiary/aromatic N) is 2. The van der Waals surface area contributed by atoms with E-state index in [1.54, 1.807) is 0 Å². The smallest absolute Gasteiger partial charge is 0.238 e. The fourth-order valence-electron chi connectivity index (χ4n) is 2.75. The normalized spacial score (nSPS) is 10.4. The number of benzene rings is 2. The summed E-state index contributed by atoms with van der Waals surface area (Å²) < 4.78 is 4.41. The summed E-state index contributed by atoms with van der Waals surface area (Å²) in [5, 5.41) is 0. The van der Waals surface area contributed by atoms with Crippen molar-refractivity contribution < 1.29 is 28.7 Å². The number of hydrogen-bond acceptors (Lipinski definition) is 0. The molecule has 0 amide bonds. The van der Waals surface area contributed by atoms with E-state index in [-0.39, 0.29) is 24.0 Å². The van der Waals surface area contributed by atoms with Crippen LogP contribution in [0.4, 0.5) is 0 Å². The van der Waals surface area contributed by atoms with Gasteiger partial charge >= 0.3 is 0 Å². The molecular weight excluding hydrogens is 383 g/mol. The van der Waals surface area contributed by atoms with Crippen LogP contribution in [-0.4, -0.2) is 4.68 Å². The van der Waals surface area contributed by atoms with Gasteiger partial charge in [-0.05, 0) is 31.5 Å². The van der Waals surface area contributed by atoms with Crippen LogP contribution < -0.4 is 28.7 Å². The maximum atomic E-state index is 2.27. The van der Waals surface area contributed by atoms with Crippen molar-refractivity contribution in [3.63, 3.8) is 0 Å². The fraction of sp³-hybridized carbons (Fsp3) is 0.211. The molecule has 1 aromatic heterocycles. The molecule has 0 spiro atoms. The van der Waals surface area contributed by atoms with Crippen LogP contribution in [0.15, 0.2) is 54.6 Å². The van der Waals surface area contributed by atoms with E-state index in [1.165, 1.54) is 33.6 Å². The topological polar surface area (TPSA) is 8.81 Å². The monoisotopic (exact) mass is 404 g/mol. The standard InChI is InChI=1S/C19H21N2.HI/c1-14-9-11-16(12-10-14)18-13-19(21(4)20(18)3)17-8-6-5-7-15(17)2;/h5-13H,1-4H3;1H/q+1;/p-1. The molecule has 0 saturated heterocycles. The number of hydrogen-bond donors (Lipinski definition) is 0. The highest BCUT2D eigenvalue weighted by Crippen LogP contribution is 2.26. The van der Waals surface area contributed by atoms with Crippen LogP contribution in [0.2, 0.25) is 0 Å². The summed E-state index contributed by atoms with van der Waals surface area (Å²) in [6.07, 6.45) is 0. The molecule has 1 heterocycles. The van der Waals surface area contributed by atoms with Gasteiger partial charge in [-0.2, -0.15) is 4.68 Å². The van der Waals surface area contributed by atoms with E-state index in [1.807, 2.05) is 0 Å². The highest BCUT2D eigenvalue weighted by atomic mass is 127.